The van der Waals surface area contributed by atoms with Crippen LogP contribution in [-0.4, -0.2) is 36.7 Å². The van der Waals surface area contributed by atoms with Crippen LogP contribution in [0.4, 0.5) is 5.13 Å². The van der Waals surface area contributed by atoms with E-state index >= 15 is 0 Å². The number of carbonyl (C=O) groups is 1. The summed E-state index contributed by atoms with van der Waals surface area (Å²) in [5.74, 6) is -0.315. The molecule has 1 saturated carbocycles. The van der Waals surface area contributed by atoms with Gasteiger partial charge in [-0.2, -0.15) is 4.31 Å². The normalized spacial score (nSPS) is 14.6. The Balaban J connectivity index is 1.51. The van der Waals surface area contributed by atoms with Crippen molar-refractivity contribution in [1.29, 1.82) is 0 Å². The van der Waals surface area contributed by atoms with E-state index in [1.165, 1.54) is 39.9 Å². The first-order chi connectivity index (χ1) is 12.8. The number of anilines is 1. The molecule has 0 bridgehead atoms. The number of hydrogen-bond acceptors (Lipinski definition) is 5. The quantitative estimate of drug-likeness (QED) is 0.708. The van der Waals surface area contributed by atoms with Crippen LogP contribution in [0.1, 0.15) is 28.8 Å². The summed E-state index contributed by atoms with van der Waals surface area (Å²) in [6.07, 6.45) is 1.80. The minimum Gasteiger partial charge on any atom is -0.298 e. The first kappa shape index (κ1) is 18.1. The number of thiazole rings is 1. The van der Waals surface area contributed by atoms with Crippen molar-refractivity contribution in [1.82, 2.24) is 9.29 Å². The van der Waals surface area contributed by atoms with Gasteiger partial charge < -0.3 is 0 Å². The molecular formula is C19H19N3O3S2. The zero-order chi connectivity index (χ0) is 19.2. The summed E-state index contributed by atoms with van der Waals surface area (Å²) in [6, 6.07) is 12.0. The maximum atomic E-state index is 12.5. The molecule has 0 spiro atoms. The highest BCUT2D eigenvalue weighted by Crippen LogP contribution is 2.30. The number of amides is 1. The van der Waals surface area contributed by atoms with Gasteiger partial charge in [0.1, 0.15) is 0 Å². The van der Waals surface area contributed by atoms with Gasteiger partial charge in [-0.15, -0.1) is 0 Å². The Kier molecular flexibility index (Phi) is 4.49. The second-order valence-corrected chi connectivity index (χ2v) is 9.75. The second-order valence-electron chi connectivity index (χ2n) is 6.72. The summed E-state index contributed by atoms with van der Waals surface area (Å²) >= 11 is 1.41. The zero-order valence-corrected chi connectivity index (χ0v) is 16.6. The average molecular weight is 402 g/mol. The van der Waals surface area contributed by atoms with Crippen molar-refractivity contribution < 1.29 is 13.2 Å². The molecule has 1 aliphatic rings. The molecule has 4 rings (SSSR count). The lowest BCUT2D eigenvalue weighted by atomic mass is 10.2. The predicted molar refractivity (Wildman–Crippen MR) is 107 cm³/mol. The van der Waals surface area contributed by atoms with E-state index in [-0.39, 0.29) is 16.8 Å². The van der Waals surface area contributed by atoms with Crippen LogP contribution < -0.4 is 5.32 Å². The molecule has 3 aromatic rings. The number of carbonyl (C=O) groups excluding carboxylic acids is 1. The van der Waals surface area contributed by atoms with Gasteiger partial charge in [0.05, 0.1) is 15.1 Å². The van der Waals surface area contributed by atoms with Crippen LogP contribution in [-0.2, 0) is 10.0 Å². The predicted octanol–water partition coefficient (Wildman–Crippen LogP) is 3.64. The van der Waals surface area contributed by atoms with Crippen molar-refractivity contribution in [3.8, 4) is 0 Å². The second kappa shape index (κ2) is 6.70. The molecular weight excluding hydrogens is 382 g/mol. The molecule has 0 unspecified atom stereocenters. The fourth-order valence-electron chi connectivity index (χ4n) is 2.83. The third kappa shape index (κ3) is 3.60. The van der Waals surface area contributed by atoms with Crippen LogP contribution in [0.25, 0.3) is 10.2 Å². The number of sulfonamides is 1. The molecule has 0 radical (unpaired) electrons. The van der Waals surface area contributed by atoms with Gasteiger partial charge in [0, 0.05) is 18.7 Å². The van der Waals surface area contributed by atoms with E-state index in [0.29, 0.717) is 10.7 Å². The average Bonchev–Trinajstić information content (AvgIpc) is 3.41. The third-order valence-corrected chi connectivity index (χ3v) is 7.48. The lowest BCUT2D eigenvalue weighted by Gasteiger charge is -2.16. The number of hydrogen-bond donors (Lipinski definition) is 1. The number of aryl methyl sites for hydroxylation is 1. The minimum absolute atomic E-state index is 0.0978. The van der Waals surface area contributed by atoms with Gasteiger partial charge in [-0.05, 0) is 61.7 Å². The molecule has 2 aromatic carbocycles. The Hall–Kier alpha value is -2.29. The Morgan fingerprint density at radius 1 is 1.19 bits per heavy atom. The largest absolute Gasteiger partial charge is 0.298 e. The van der Waals surface area contributed by atoms with Crippen LogP contribution in [0.5, 0.6) is 0 Å². The van der Waals surface area contributed by atoms with Gasteiger partial charge >= 0.3 is 0 Å². The molecule has 1 fully saturated rings. The number of nitrogens with zero attached hydrogens (tertiary/aromatic N) is 2. The Labute approximate surface area is 161 Å². The fraction of sp³-hybridized carbons (Fsp3) is 0.263. The number of nitrogens with one attached hydrogen (secondary N) is 1. The van der Waals surface area contributed by atoms with Gasteiger partial charge in [0.25, 0.3) is 5.91 Å². The van der Waals surface area contributed by atoms with E-state index in [9.17, 15) is 13.2 Å². The standard InChI is InChI=1S/C19H19N3O3S2/c1-12-3-10-16-17(11-12)26-19(20-16)21-18(23)13-4-8-15(9-5-13)27(24,25)22(2)14-6-7-14/h3-5,8-11,14H,6-7H2,1-2H3,(H,20,21,23). The molecule has 8 heteroatoms. The first-order valence-electron chi connectivity index (χ1n) is 8.61. The highest BCUT2D eigenvalue weighted by atomic mass is 32.2. The highest BCUT2D eigenvalue weighted by Gasteiger charge is 2.35. The number of aromatic nitrogens is 1. The number of fused-ring (bicyclic) bond motifs is 1. The Morgan fingerprint density at radius 3 is 2.56 bits per heavy atom. The summed E-state index contributed by atoms with van der Waals surface area (Å²) in [7, 11) is -1.91. The molecule has 6 nitrogen and oxygen atoms in total. The van der Waals surface area contributed by atoms with Gasteiger partial charge in [0.2, 0.25) is 10.0 Å². The van der Waals surface area contributed by atoms with Crippen molar-refractivity contribution in [2.75, 3.05) is 12.4 Å². The van der Waals surface area contributed by atoms with Crippen LogP contribution in [0.2, 0.25) is 0 Å². The summed E-state index contributed by atoms with van der Waals surface area (Å²) in [6.45, 7) is 2.01. The lowest BCUT2D eigenvalue weighted by Crippen LogP contribution is -2.29. The molecule has 0 aliphatic heterocycles. The van der Waals surface area contributed by atoms with Crippen molar-refractivity contribution >= 4 is 42.6 Å². The van der Waals surface area contributed by atoms with Crippen LogP contribution >= 0.6 is 11.3 Å². The molecule has 0 atom stereocenters. The van der Waals surface area contributed by atoms with Gasteiger partial charge in [-0.25, -0.2) is 13.4 Å². The van der Waals surface area contributed by atoms with Gasteiger partial charge in [-0.1, -0.05) is 17.4 Å². The lowest BCUT2D eigenvalue weighted by molar-refractivity contribution is 0.102. The van der Waals surface area contributed by atoms with Crippen LogP contribution in [0.15, 0.2) is 47.4 Å². The van der Waals surface area contributed by atoms with E-state index in [1.54, 1.807) is 7.05 Å². The van der Waals surface area contributed by atoms with Crippen LogP contribution in [0.3, 0.4) is 0 Å². The summed E-state index contributed by atoms with van der Waals surface area (Å²) < 4.78 is 27.5. The SMILES string of the molecule is Cc1ccc2nc(NC(=O)c3ccc(S(=O)(=O)N(C)C4CC4)cc3)sc2c1. The summed E-state index contributed by atoms with van der Waals surface area (Å²) in [4.78, 5) is 17.1. The maximum absolute atomic E-state index is 12.5. The van der Waals surface area contributed by atoms with Crippen molar-refractivity contribution in [2.24, 2.45) is 0 Å². The molecule has 1 N–H and O–H groups in total. The van der Waals surface area contributed by atoms with Crippen molar-refractivity contribution in [2.45, 2.75) is 30.7 Å². The van der Waals surface area contributed by atoms with E-state index < -0.39 is 10.0 Å². The van der Waals surface area contributed by atoms with Gasteiger partial charge in [-0.3, -0.25) is 10.1 Å². The Morgan fingerprint density at radius 2 is 1.89 bits per heavy atom. The van der Waals surface area contributed by atoms with E-state index in [4.69, 9.17) is 0 Å². The zero-order valence-electron chi connectivity index (χ0n) is 15.0. The molecule has 0 saturated heterocycles. The molecule has 1 amide bonds. The highest BCUT2D eigenvalue weighted by molar-refractivity contribution is 7.89. The van der Waals surface area contributed by atoms with Gasteiger partial charge in [0.15, 0.2) is 5.13 Å². The topological polar surface area (TPSA) is 79.4 Å². The molecule has 1 aliphatic carbocycles. The van der Waals surface area contributed by atoms with Crippen molar-refractivity contribution in [3.05, 3.63) is 53.6 Å². The smallest absolute Gasteiger partial charge is 0.257 e. The third-order valence-electron chi connectivity index (χ3n) is 4.62. The number of rotatable bonds is 5. The minimum atomic E-state index is -3.51. The van der Waals surface area contributed by atoms with E-state index in [2.05, 4.69) is 10.3 Å². The summed E-state index contributed by atoms with van der Waals surface area (Å²) in [5, 5.41) is 3.30. The van der Waals surface area contributed by atoms with Crippen molar-refractivity contribution in [3.63, 3.8) is 0 Å². The molecule has 1 aromatic heterocycles. The summed E-state index contributed by atoms with van der Waals surface area (Å²) in [5.41, 5.74) is 2.36. The fourth-order valence-corrected chi connectivity index (χ4v) is 5.21. The first-order valence-corrected chi connectivity index (χ1v) is 10.9. The monoisotopic (exact) mass is 401 g/mol. The maximum Gasteiger partial charge on any atom is 0.257 e. The van der Waals surface area contributed by atoms with E-state index in [1.807, 2.05) is 25.1 Å². The Bertz CT molecular complexity index is 1120. The van der Waals surface area contributed by atoms with Crippen LogP contribution in [0, 0.1) is 6.92 Å². The molecule has 1 heterocycles. The number of benzene rings is 2. The van der Waals surface area contributed by atoms with E-state index in [0.717, 1.165) is 28.6 Å². The molecule has 27 heavy (non-hydrogen) atoms. The molecule has 140 valence electrons.